The predicted molar refractivity (Wildman–Crippen MR) is 171 cm³/mol. The van der Waals surface area contributed by atoms with Crippen LogP contribution in [0.15, 0.2) is 71.8 Å². The van der Waals surface area contributed by atoms with Crippen LogP contribution in [0.4, 0.5) is 10.5 Å². The van der Waals surface area contributed by atoms with E-state index in [1.807, 2.05) is 42.0 Å². The summed E-state index contributed by atoms with van der Waals surface area (Å²) in [5.41, 5.74) is 2.74. The number of benzene rings is 3. The molecule has 43 heavy (non-hydrogen) atoms. The number of nitrogens with one attached hydrogen (secondary N) is 1. The lowest BCUT2D eigenvalue weighted by atomic mass is 10.1. The molecule has 4 aromatic rings. The summed E-state index contributed by atoms with van der Waals surface area (Å²) < 4.78 is 7.10. The Hall–Kier alpha value is -3.76. The normalized spacial score (nSPS) is 14.1. The summed E-state index contributed by atoms with van der Waals surface area (Å²) in [6.07, 6.45) is 4.16. The van der Waals surface area contributed by atoms with Gasteiger partial charge in [-0.1, -0.05) is 66.0 Å². The van der Waals surface area contributed by atoms with Crippen molar-refractivity contribution in [3.63, 3.8) is 0 Å². The Morgan fingerprint density at radius 1 is 0.977 bits per heavy atom. The first-order valence-electron chi connectivity index (χ1n) is 13.2. The number of para-hydroxylation sites is 1. The van der Waals surface area contributed by atoms with E-state index < -0.39 is 29.6 Å². The van der Waals surface area contributed by atoms with E-state index in [4.69, 9.17) is 39.5 Å². The number of thioether (sulfide) groups is 1. The molecule has 1 aliphatic heterocycles. The van der Waals surface area contributed by atoms with Crippen LogP contribution in [-0.2, 0) is 20.9 Å². The molecule has 1 fully saturated rings. The van der Waals surface area contributed by atoms with Gasteiger partial charge >= 0.3 is 5.97 Å². The van der Waals surface area contributed by atoms with Gasteiger partial charge in [0.25, 0.3) is 11.1 Å². The highest BCUT2D eigenvalue weighted by atomic mass is 35.5. The molecule has 1 aliphatic rings. The fourth-order valence-electron chi connectivity index (χ4n) is 4.53. The Bertz CT molecular complexity index is 1780. The Labute approximate surface area is 266 Å². The zero-order valence-electron chi connectivity index (χ0n) is 22.7. The van der Waals surface area contributed by atoms with Gasteiger partial charge in [0.1, 0.15) is 6.54 Å². The summed E-state index contributed by atoms with van der Waals surface area (Å²) in [5, 5.41) is 4.15. The smallest absolute Gasteiger partial charge is 0.339 e. The average molecular weight is 657 g/mol. The number of anilines is 1. The highest BCUT2D eigenvalue weighted by Gasteiger charge is 2.36. The van der Waals surface area contributed by atoms with Crippen LogP contribution in [0.25, 0.3) is 17.0 Å². The zero-order valence-corrected chi connectivity index (χ0v) is 25.8. The van der Waals surface area contributed by atoms with Gasteiger partial charge in [-0.2, -0.15) is 0 Å². The molecule has 0 unspecified atom stereocenters. The molecule has 0 atom stereocenters. The summed E-state index contributed by atoms with van der Waals surface area (Å²) in [6, 6.07) is 17.3. The Morgan fingerprint density at radius 3 is 2.47 bits per heavy atom. The predicted octanol–water partition coefficient (Wildman–Crippen LogP) is 7.89. The van der Waals surface area contributed by atoms with E-state index in [9.17, 15) is 19.2 Å². The second kappa shape index (κ2) is 13.3. The maximum absolute atomic E-state index is 13.2. The zero-order chi connectivity index (χ0) is 30.7. The summed E-state index contributed by atoms with van der Waals surface area (Å²) in [6.45, 7) is 1.99. The van der Waals surface area contributed by atoms with E-state index in [-0.39, 0.29) is 27.8 Å². The molecule has 0 bridgehead atoms. The minimum absolute atomic E-state index is 0.0954. The Morgan fingerprint density at radius 2 is 1.72 bits per heavy atom. The van der Waals surface area contributed by atoms with Crippen LogP contribution in [0.5, 0.6) is 0 Å². The number of fused-ring (bicyclic) bond motifs is 1. The quantitative estimate of drug-likeness (QED) is 0.145. The minimum Gasteiger partial charge on any atom is -0.462 e. The fourth-order valence-corrected chi connectivity index (χ4v) is 6.07. The van der Waals surface area contributed by atoms with Crippen molar-refractivity contribution in [3.8, 4) is 0 Å². The van der Waals surface area contributed by atoms with Crippen LogP contribution in [0.3, 0.4) is 0 Å². The van der Waals surface area contributed by atoms with E-state index in [2.05, 4.69) is 5.32 Å². The van der Waals surface area contributed by atoms with Gasteiger partial charge in [0.2, 0.25) is 5.91 Å². The van der Waals surface area contributed by atoms with Crippen molar-refractivity contribution in [2.75, 3.05) is 18.5 Å². The van der Waals surface area contributed by atoms with Crippen molar-refractivity contribution in [1.29, 1.82) is 0 Å². The number of rotatable bonds is 9. The van der Waals surface area contributed by atoms with E-state index in [1.165, 1.54) is 18.2 Å². The molecule has 3 aromatic carbocycles. The number of carbonyl (C=O) groups excluding carboxylic acids is 4. The minimum atomic E-state index is -0.619. The molecular formula is C31H24Cl3N3O5S. The summed E-state index contributed by atoms with van der Waals surface area (Å²) in [4.78, 5) is 52.2. The van der Waals surface area contributed by atoms with Crippen LogP contribution >= 0.6 is 46.6 Å². The third-order valence-corrected chi connectivity index (χ3v) is 8.52. The maximum Gasteiger partial charge on any atom is 0.339 e. The van der Waals surface area contributed by atoms with Crippen molar-refractivity contribution in [2.45, 2.75) is 19.9 Å². The van der Waals surface area contributed by atoms with Gasteiger partial charge in [0, 0.05) is 44.0 Å². The first-order valence-corrected chi connectivity index (χ1v) is 15.1. The van der Waals surface area contributed by atoms with Crippen LogP contribution in [0.2, 0.25) is 15.1 Å². The highest BCUT2D eigenvalue weighted by molar-refractivity contribution is 8.18. The molecule has 220 valence electrons. The number of hydrogen-bond acceptors (Lipinski definition) is 6. The second-order valence-electron chi connectivity index (χ2n) is 9.58. The number of hydrogen-bond donors (Lipinski definition) is 1. The summed E-state index contributed by atoms with van der Waals surface area (Å²) in [7, 11) is 0. The molecule has 1 N–H and O–H groups in total. The van der Waals surface area contributed by atoms with Crippen molar-refractivity contribution in [1.82, 2.24) is 9.47 Å². The average Bonchev–Trinajstić information content (AvgIpc) is 3.46. The molecule has 0 spiro atoms. The lowest BCUT2D eigenvalue weighted by Gasteiger charge is -2.13. The lowest BCUT2D eigenvalue weighted by molar-refractivity contribution is -0.127. The van der Waals surface area contributed by atoms with Crippen molar-refractivity contribution < 1.29 is 23.9 Å². The molecule has 0 radical (unpaired) electrons. The number of nitrogens with zero attached hydrogens (tertiary/aromatic N) is 2. The molecule has 0 aliphatic carbocycles. The Balaban J connectivity index is 1.33. The first kappa shape index (κ1) is 30.7. The lowest BCUT2D eigenvalue weighted by Crippen LogP contribution is -2.36. The number of imide groups is 1. The van der Waals surface area contributed by atoms with E-state index in [0.29, 0.717) is 23.0 Å². The topological polar surface area (TPSA) is 97.7 Å². The van der Waals surface area contributed by atoms with Gasteiger partial charge in [-0.3, -0.25) is 19.3 Å². The van der Waals surface area contributed by atoms with Crippen molar-refractivity contribution in [2.24, 2.45) is 0 Å². The fraction of sp³-hybridized carbons (Fsp3) is 0.161. The molecule has 2 heterocycles. The molecular weight excluding hydrogens is 633 g/mol. The van der Waals surface area contributed by atoms with Gasteiger partial charge < -0.3 is 14.6 Å². The van der Waals surface area contributed by atoms with Crippen LogP contribution < -0.4 is 5.32 Å². The van der Waals surface area contributed by atoms with Gasteiger partial charge in [-0.25, -0.2) is 4.79 Å². The maximum atomic E-state index is 13.2. The molecule has 8 nitrogen and oxygen atoms in total. The third-order valence-electron chi connectivity index (χ3n) is 6.58. The third kappa shape index (κ3) is 6.75. The molecule has 5 rings (SSSR count). The van der Waals surface area contributed by atoms with Crippen LogP contribution in [-0.4, -0.2) is 45.6 Å². The largest absolute Gasteiger partial charge is 0.462 e. The van der Waals surface area contributed by atoms with Gasteiger partial charge in [-0.15, -0.1) is 0 Å². The number of halogens is 3. The number of aromatic nitrogens is 1. The van der Waals surface area contributed by atoms with Gasteiger partial charge in [0.15, 0.2) is 0 Å². The molecule has 3 amide bonds. The summed E-state index contributed by atoms with van der Waals surface area (Å²) in [5.74, 6) is -1.82. The first-order chi connectivity index (χ1) is 20.7. The number of carbonyl (C=O) groups is 4. The van der Waals surface area contributed by atoms with Gasteiger partial charge in [0.05, 0.1) is 28.6 Å². The van der Waals surface area contributed by atoms with E-state index in [1.54, 1.807) is 24.3 Å². The number of ether oxygens (including phenoxy) is 1. The molecule has 1 aromatic heterocycles. The van der Waals surface area contributed by atoms with Crippen LogP contribution in [0.1, 0.15) is 34.8 Å². The number of esters is 1. The molecule has 1 saturated heterocycles. The number of amides is 3. The van der Waals surface area contributed by atoms with E-state index >= 15 is 0 Å². The SMILES string of the molecule is CCCOC(=O)c1cc(NC(=O)CN2C(=O)S/C(=C\c3cn(Cc4c(Cl)cccc4Cl)c4ccccc34)C2=O)ccc1Cl. The van der Waals surface area contributed by atoms with E-state index in [0.717, 1.165) is 38.7 Å². The highest BCUT2D eigenvalue weighted by Crippen LogP contribution is 2.35. The summed E-state index contributed by atoms with van der Waals surface area (Å²) >= 11 is 19.7. The van der Waals surface area contributed by atoms with Gasteiger partial charge in [-0.05, 0) is 60.7 Å². The standard InChI is InChI=1S/C31H24Cl3N3O5S/c1-2-12-42-30(40)21-14-19(10-11-25(21)34)35-28(38)17-37-29(39)27(43-31(37)41)13-18-15-36(26-9-4-3-6-20(18)26)16-22-23(32)7-5-8-24(22)33/h3-11,13-15H,2,12,16-17H2,1H3,(H,35,38)/b27-13-. The molecule has 12 heteroatoms. The Kier molecular flexibility index (Phi) is 9.46. The van der Waals surface area contributed by atoms with Crippen molar-refractivity contribution in [3.05, 3.63) is 104 Å². The monoisotopic (exact) mass is 655 g/mol. The van der Waals surface area contributed by atoms with Crippen molar-refractivity contribution >= 4 is 92.3 Å². The second-order valence-corrected chi connectivity index (χ2v) is 11.8. The molecule has 0 saturated carbocycles. The van der Waals surface area contributed by atoms with Crippen LogP contribution in [0, 0.1) is 0 Å².